The molecule has 0 fully saturated rings. The van der Waals surface area contributed by atoms with Crippen LogP contribution in [0.5, 0.6) is 0 Å². The van der Waals surface area contributed by atoms with Crippen LogP contribution in [0.25, 0.3) is 0 Å². The third kappa shape index (κ3) is 5.61. The number of halogens is 3. The van der Waals surface area contributed by atoms with Crippen LogP contribution < -0.4 is 0 Å². The van der Waals surface area contributed by atoms with Gasteiger partial charge >= 0.3 is 6.18 Å². The lowest BCUT2D eigenvalue weighted by molar-refractivity contribution is -0.125. The zero-order valence-corrected chi connectivity index (χ0v) is 7.90. The standard InChI is InChI=1S/C9H13F3O2/c1-2-3-4-5-7(13)6-8(14)9(10,11)12/h6,14H,2-5H2,1H3/b8-6-. The van der Waals surface area contributed by atoms with Crippen LogP contribution in [0.1, 0.15) is 32.6 Å². The van der Waals surface area contributed by atoms with E-state index >= 15 is 0 Å². The number of aliphatic hydroxyl groups excluding tert-OH is 1. The first-order valence-corrected chi connectivity index (χ1v) is 4.38. The van der Waals surface area contributed by atoms with Gasteiger partial charge in [0.1, 0.15) is 0 Å². The minimum Gasteiger partial charge on any atom is -0.504 e. The highest BCUT2D eigenvalue weighted by atomic mass is 19.4. The zero-order chi connectivity index (χ0) is 11.2. The summed E-state index contributed by atoms with van der Waals surface area (Å²) < 4.78 is 35.2. The number of ketones is 1. The number of aliphatic hydroxyl groups is 1. The van der Waals surface area contributed by atoms with E-state index in [2.05, 4.69) is 0 Å². The Labute approximate surface area is 80.4 Å². The Kier molecular flexibility index (Phi) is 5.27. The smallest absolute Gasteiger partial charge is 0.448 e. The molecule has 0 radical (unpaired) electrons. The van der Waals surface area contributed by atoms with Crippen LogP contribution >= 0.6 is 0 Å². The Morgan fingerprint density at radius 3 is 2.36 bits per heavy atom. The quantitative estimate of drug-likeness (QED) is 0.430. The van der Waals surface area contributed by atoms with Gasteiger partial charge in [-0.25, -0.2) is 0 Å². The lowest BCUT2D eigenvalue weighted by Gasteiger charge is -2.03. The summed E-state index contributed by atoms with van der Waals surface area (Å²) >= 11 is 0. The molecule has 1 N–H and O–H groups in total. The number of hydrogen-bond acceptors (Lipinski definition) is 2. The van der Waals surface area contributed by atoms with Crippen molar-refractivity contribution in [3.63, 3.8) is 0 Å². The van der Waals surface area contributed by atoms with Crippen LogP contribution in [0.3, 0.4) is 0 Å². The van der Waals surface area contributed by atoms with E-state index in [1.807, 2.05) is 6.92 Å². The second kappa shape index (κ2) is 5.67. The normalized spacial score (nSPS) is 13.0. The van der Waals surface area contributed by atoms with Crippen molar-refractivity contribution in [2.45, 2.75) is 38.8 Å². The lowest BCUT2D eigenvalue weighted by atomic mass is 10.1. The van der Waals surface area contributed by atoms with Gasteiger partial charge in [0.05, 0.1) is 0 Å². The molecule has 0 aliphatic rings. The van der Waals surface area contributed by atoms with E-state index in [1.54, 1.807) is 0 Å². The Morgan fingerprint density at radius 2 is 1.93 bits per heavy atom. The summed E-state index contributed by atoms with van der Waals surface area (Å²) in [5, 5.41) is 8.43. The molecule has 0 aliphatic carbocycles. The summed E-state index contributed by atoms with van der Waals surface area (Å²) in [6.07, 6.45) is -2.28. The second-order valence-corrected chi connectivity index (χ2v) is 2.95. The van der Waals surface area contributed by atoms with E-state index < -0.39 is 17.7 Å². The summed E-state index contributed by atoms with van der Waals surface area (Å²) in [5.41, 5.74) is 0. The first kappa shape index (κ1) is 13.0. The van der Waals surface area contributed by atoms with Crippen molar-refractivity contribution in [3.8, 4) is 0 Å². The first-order valence-electron chi connectivity index (χ1n) is 4.38. The molecule has 0 unspecified atom stereocenters. The lowest BCUT2D eigenvalue weighted by Crippen LogP contribution is -2.12. The SMILES string of the molecule is CCCCCC(=O)/C=C(\O)C(F)(F)F. The number of allylic oxidation sites excluding steroid dienone is 2. The molecule has 0 rings (SSSR count). The van der Waals surface area contributed by atoms with Gasteiger partial charge in [-0.3, -0.25) is 4.79 Å². The van der Waals surface area contributed by atoms with Crippen LogP contribution in [0, 0.1) is 0 Å². The van der Waals surface area contributed by atoms with Gasteiger partial charge in [0.25, 0.3) is 0 Å². The summed E-state index contributed by atoms with van der Waals surface area (Å²) in [5.74, 6) is -2.51. The predicted molar refractivity (Wildman–Crippen MR) is 45.9 cm³/mol. The maximum Gasteiger partial charge on any atom is 0.448 e. The molecule has 0 aromatic heterocycles. The molecule has 2 nitrogen and oxygen atoms in total. The fourth-order valence-electron chi connectivity index (χ4n) is 0.856. The number of carbonyl (C=O) groups is 1. The minimum absolute atomic E-state index is 0.0496. The molecule has 5 heteroatoms. The molecular formula is C9H13F3O2. The predicted octanol–water partition coefficient (Wildman–Crippen LogP) is 3.14. The van der Waals surface area contributed by atoms with E-state index in [0.29, 0.717) is 6.42 Å². The van der Waals surface area contributed by atoms with Gasteiger partial charge in [-0.15, -0.1) is 0 Å². The second-order valence-electron chi connectivity index (χ2n) is 2.95. The van der Waals surface area contributed by atoms with Crippen LogP contribution in [0.15, 0.2) is 11.8 Å². The highest BCUT2D eigenvalue weighted by Crippen LogP contribution is 2.23. The molecule has 0 atom stereocenters. The van der Waals surface area contributed by atoms with E-state index in [9.17, 15) is 18.0 Å². The molecule has 0 amide bonds. The van der Waals surface area contributed by atoms with Crippen molar-refractivity contribution < 1.29 is 23.1 Å². The molecule has 0 aromatic rings. The third-order valence-electron chi connectivity index (χ3n) is 1.61. The van der Waals surface area contributed by atoms with Crippen LogP contribution in [0.4, 0.5) is 13.2 Å². The number of unbranched alkanes of at least 4 members (excludes halogenated alkanes) is 2. The van der Waals surface area contributed by atoms with E-state index in [1.165, 1.54) is 0 Å². The van der Waals surface area contributed by atoms with Crippen LogP contribution in [-0.2, 0) is 4.79 Å². The maximum atomic E-state index is 11.7. The molecule has 0 saturated carbocycles. The van der Waals surface area contributed by atoms with Gasteiger partial charge < -0.3 is 5.11 Å². The summed E-state index contributed by atoms with van der Waals surface area (Å²) in [6, 6.07) is 0. The Morgan fingerprint density at radius 1 is 1.36 bits per heavy atom. The maximum absolute atomic E-state index is 11.7. The molecule has 14 heavy (non-hydrogen) atoms. The molecule has 0 bridgehead atoms. The molecule has 0 aliphatic heterocycles. The van der Waals surface area contributed by atoms with E-state index in [4.69, 9.17) is 5.11 Å². The Bertz CT molecular complexity index is 219. The largest absolute Gasteiger partial charge is 0.504 e. The highest BCUT2D eigenvalue weighted by molar-refractivity contribution is 5.90. The molecule has 82 valence electrons. The average Bonchev–Trinajstić information content (AvgIpc) is 2.03. The third-order valence-corrected chi connectivity index (χ3v) is 1.61. The number of rotatable bonds is 5. The van der Waals surface area contributed by atoms with Crippen molar-refractivity contribution in [1.29, 1.82) is 0 Å². The zero-order valence-electron chi connectivity index (χ0n) is 7.90. The Hall–Kier alpha value is -1.00. The van der Waals surface area contributed by atoms with Crippen LogP contribution in [0.2, 0.25) is 0 Å². The van der Waals surface area contributed by atoms with Crippen molar-refractivity contribution in [2.75, 3.05) is 0 Å². The molecule has 0 saturated heterocycles. The van der Waals surface area contributed by atoms with Crippen molar-refractivity contribution >= 4 is 5.78 Å². The average molecular weight is 210 g/mol. The van der Waals surface area contributed by atoms with Gasteiger partial charge in [0.15, 0.2) is 5.78 Å². The summed E-state index contributed by atoms with van der Waals surface area (Å²) in [7, 11) is 0. The topological polar surface area (TPSA) is 37.3 Å². The monoisotopic (exact) mass is 210 g/mol. The van der Waals surface area contributed by atoms with E-state index in [0.717, 1.165) is 12.8 Å². The number of hydrogen-bond donors (Lipinski definition) is 1. The first-order chi connectivity index (χ1) is 6.38. The van der Waals surface area contributed by atoms with Gasteiger partial charge in [-0.05, 0) is 6.42 Å². The fourth-order valence-corrected chi connectivity index (χ4v) is 0.856. The molecule has 0 heterocycles. The molecule has 0 spiro atoms. The number of carbonyl (C=O) groups excluding carboxylic acids is 1. The van der Waals surface area contributed by atoms with E-state index in [-0.39, 0.29) is 12.5 Å². The van der Waals surface area contributed by atoms with Gasteiger partial charge in [-0.1, -0.05) is 19.8 Å². The van der Waals surface area contributed by atoms with Gasteiger partial charge in [0, 0.05) is 12.5 Å². The molecule has 0 aromatic carbocycles. The summed E-state index contributed by atoms with van der Waals surface area (Å²) in [4.78, 5) is 10.8. The summed E-state index contributed by atoms with van der Waals surface area (Å²) in [6.45, 7) is 1.92. The highest BCUT2D eigenvalue weighted by Gasteiger charge is 2.34. The van der Waals surface area contributed by atoms with Crippen molar-refractivity contribution in [3.05, 3.63) is 11.8 Å². The van der Waals surface area contributed by atoms with Gasteiger partial charge in [-0.2, -0.15) is 13.2 Å². The van der Waals surface area contributed by atoms with Crippen molar-refractivity contribution in [2.24, 2.45) is 0 Å². The minimum atomic E-state index is -4.82. The fraction of sp³-hybridized carbons (Fsp3) is 0.667. The van der Waals surface area contributed by atoms with Gasteiger partial charge in [0.2, 0.25) is 5.76 Å². The van der Waals surface area contributed by atoms with Crippen LogP contribution in [-0.4, -0.2) is 17.1 Å². The number of alkyl halides is 3. The Balaban J connectivity index is 4.03. The molecular weight excluding hydrogens is 197 g/mol. The van der Waals surface area contributed by atoms with Crippen molar-refractivity contribution in [1.82, 2.24) is 0 Å².